The van der Waals surface area contributed by atoms with Gasteiger partial charge in [-0.25, -0.2) is 0 Å². The van der Waals surface area contributed by atoms with Crippen LogP contribution in [0.2, 0.25) is 0 Å². The quantitative estimate of drug-likeness (QED) is 0.383. The Morgan fingerprint density at radius 3 is 2.17 bits per heavy atom. The monoisotopic (exact) mass is 106 g/mol. The first-order chi connectivity index (χ1) is 2.91. The molecular weight excluding hydrogens is 97.5 g/mol. The summed E-state index contributed by atoms with van der Waals surface area (Å²) in [4.78, 5) is 0. The van der Waals surface area contributed by atoms with Gasteiger partial charge in [0, 0.05) is 12.4 Å². The van der Waals surface area contributed by atoms with Crippen molar-refractivity contribution in [1.29, 1.82) is 0 Å². The zero-order valence-corrected chi connectivity index (χ0v) is 4.46. The van der Waals surface area contributed by atoms with Gasteiger partial charge >= 0.3 is 0 Å². The van der Waals surface area contributed by atoms with E-state index in [1.54, 1.807) is 0 Å². The van der Waals surface area contributed by atoms with Crippen LogP contribution in [0.25, 0.3) is 0 Å². The highest BCUT2D eigenvalue weighted by Crippen LogP contribution is 1.87. The molecule has 0 fully saturated rings. The van der Waals surface area contributed by atoms with E-state index in [1.165, 1.54) is 0 Å². The van der Waals surface area contributed by atoms with Crippen LogP contribution in [0.4, 0.5) is 0 Å². The van der Waals surface area contributed by atoms with Gasteiger partial charge < -0.3 is 0 Å². The van der Waals surface area contributed by atoms with Crippen LogP contribution in [0.1, 0.15) is 12.8 Å². The van der Waals surface area contributed by atoms with E-state index in [9.17, 15) is 0 Å². The molecule has 0 atom stereocenters. The average Bonchev–Trinajstić information content (AvgIpc) is 1.61. The second kappa shape index (κ2) is 5.25. The van der Waals surface area contributed by atoms with Crippen LogP contribution >= 0.6 is 11.6 Å². The molecule has 0 aliphatic carbocycles. The smallest absolute Gasteiger partial charge is 0.0223 e. The van der Waals surface area contributed by atoms with Gasteiger partial charge in [-0.2, -0.15) is 0 Å². The molecule has 0 amide bonds. The van der Waals surface area contributed by atoms with Crippen molar-refractivity contribution in [3.8, 4) is 0 Å². The first-order valence-electron chi connectivity index (χ1n) is 2.12. The average molecular weight is 107 g/mol. The summed E-state index contributed by atoms with van der Waals surface area (Å²) >= 11 is 5.30. The van der Waals surface area contributed by atoms with Crippen molar-refractivity contribution >= 4 is 11.6 Å². The molecule has 0 bridgehead atoms. The molecule has 0 spiro atoms. The molecule has 0 aromatic heterocycles. The minimum absolute atomic E-state index is 0.521. The maximum atomic E-state index is 6.65. The molecule has 0 aromatic rings. The van der Waals surface area contributed by atoms with E-state index >= 15 is 0 Å². The summed E-state index contributed by atoms with van der Waals surface area (Å²) in [7, 11) is 0. The van der Waals surface area contributed by atoms with Gasteiger partial charge in [-0.1, -0.05) is 0 Å². The zero-order valence-electron chi connectivity index (χ0n) is 3.71. The number of rotatable bonds is 3. The van der Waals surface area contributed by atoms with Crippen molar-refractivity contribution in [2.24, 2.45) is 0 Å². The van der Waals surface area contributed by atoms with Crippen molar-refractivity contribution < 1.29 is 0 Å². The highest BCUT2D eigenvalue weighted by molar-refractivity contribution is 6.17. The summed E-state index contributed by atoms with van der Waals surface area (Å²) in [6.45, 7) is 0.521. The number of nitrogens with one attached hydrogen (secondary N) is 1. The molecule has 0 aliphatic heterocycles. The molecular formula is C4H9ClN. The fraction of sp³-hybridized carbons (Fsp3) is 1.00. The molecule has 2 heteroatoms. The van der Waals surface area contributed by atoms with Gasteiger partial charge in [-0.3, -0.25) is 5.73 Å². The fourth-order valence-corrected chi connectivity index (χ4v) is 0.408. The highest BCUT2D eigenvalue weighted by atomic mass is 35.5. The van der Waals surface area contributed by atoms with E-state index < -0.39 is 0 Å². The van der Waals surface area contributed by atoms with Crippen molar-refractivity contribution in [1.82, 2.24) is 5.73 Å². The Morgan fingerprint density at radius 2 is 2.00 bits per heavy atom. The summed E-state index contributed by atoms with van der Waals surface area (Å²) < 4.78 is 0. The molecule has 0 saturated carbocycles. The Hall–Kier alpha value is 0.250. The second-order valence-corrected chi connectivity index (χ2v) is 1.52. The van der Waals surface area contributed by atoms with Crippen LogP contribution in [0, 0.1) is 0 Å². The molecule has 0 aliphatic rings. The summed E-state index contributed by atoms with van der Waals surface area (Å²) in [6, 6.07) is 0. The van der Waals surface area contributed by atoms with Crippen LogP contribution in [-0.4, -0.2) is 12.4 Å². The lowest BCUT2D eigenvalue weighted by Gasteiger charge is -1.84. The minimum atomic E-state index is 0.521. The zero-order chi connectivity index (χ0) is 4.83. The van der Waals surface area contributed by atoms with E-state index in [0.29, 0.717) is 12.4 Å². The molecule has 0 unspecified atom stereocenters. The van der Waals surface area contributed by atoms with Crippen molar-refractivity contribution in [2.45, 2.75) is 12.8 Å². The van der Waals surface area contributed by atoms with Crippen LogP contribution in [-0.2, 0) is 0 Å². The highest BCUT2D eigenvalue weighted by Gasteiger charge is 1.77. The van der Waals surface area contributed by atoms with Gasteiger partial charge in [-0.05, 0) is 12.8 Å². The molecule has 0 saturated heterocycles. The van der Waals surface area contributed by atoms with E-state index in [1.807, 2.05) is 0 Å². The Kier molecular flexibility index (Phi) is 5.47. The Bertz CT molecular complexity index is 19.5. The molecule has 0 rings (SSSR count). The third-order valence-electron chi connectivity index (χ3n) is 0.560. The maximum absolute atomic E-state index is 6.65. The molecule has 37 valence electrons. The lowest BCUT2D eigenvalue weighted by molar-refractivity contribution is 0.797. The third kappa shape index (κ3) is 4.25. The standard InChI is InChI=1S/C4H9ClN/c5-3-1-2-4-6/h6H,1-4H2. The number of unbranched alkanes of at least 4 members (excludes halogenated alkanes) is 1. The molecule has 1 radical (unpaired) electrons. The molecule has 0 heterocycles. The Morgan fingerprint density at radius 1 is 1.33 bits per heavy atom. The third-order valence-corrected chi connectivity index (χ3v) is 0.828. The van der Waals surface area contributed by atoms with Crippen LogP contribution in [0.15, 0.2) is 0 Å². The van der Waals surface area contributed by atoms with E-state index in [-0.39, 0.29) is 0 Å². The number of hydrogen-bond donors (Lipinski definition) is 0. The van der Waals surface area contributed by atoms with E-state index in [0.717, 1.165) is 12.8 Å². The van der Waals surface area contributed by atoms with E-state index in [2.05, 4.69) is 0 Å². The predicted molar refractivity (Wildman–Crippen MR) is 27.9 cm³/mol. The fourth-order valence-electron chi connectivity index (χ4n) is 0.219. The summed E-state index contributed by atoms with van der Waals surface area (Å²) in [5.74, 6) is 0.707. The van der Waals surface area contributed by atoms with Gasteiger partial charge in [0.2, 0.25) is 0 Å². The molecule has 1 N–H and O–H groups in total. The van der Waals surface area contributed by atoms with Crippen molar-refractivity contribution in [3.05, 3.63) is 0 Å². The Balaban J connectivity index is 2.34. The van der Waals surface area contributed by atoms with Crippen LogP contribution < -0.4 is 5.73 Å². The predicted octanol–water partition coefficient (Wildman–Crippen LogP) is 1.29. The lowest BCUT2D eigenvalue weighted by atomic mass is 10.3. The number of halogens is 1. The van der Waals surface area contributed by atoms with Crippen molar-refractivity contribution in [3.63, 3.8) is 0 Å². The van der Waals surface area contributed by atoms with Crippen LogP contribution in [0.3, 0.4) is 0 Å². The largest absolute Gasteiger partial charge is 0.258 e. The minimum Gasteiger partial charge on any atom is -0.258 e. The second-order valence-electron chi connectivity index (χ2n) is 1.15. The van der Waals surface area contributed by atoms with Crippen molar-refractivity contribution in [2.75, 3.05) is 12.4 Å². The van der Waals surface area contributed by atoms with E-state index in [4.69, 9.17) is 17.3 Å². The first kappa shape index (κ1) is 6.25. The molecule has 6 heavy (non-hydrogen) atoms. The summed E-state index contributed by atoms with van der Waals surface area (Å²) in [5, 5.41) is 0. The molecule has 1 nitrogen and oxygen atoms in total. The van der Waals surface area contributed by atoms with Gasteiger partial charge in [0.05, 0.1) is 0 Å². The summed E-state index contributed by atoms with van der Waals surface area (Å²) in [6.07, 6.45) is 1.94. The van der Waals surface area contributed by atoms with Gasteiger partial charge in [-0.15, -0.1) is 11.6 Å². The summed E-state index contributed by atoms with van der Waals surface area (Å²) in [5.41, 5.74) is 6.65. The SMILES string of the molecule is [NH]CCCCCl. The molecule has 0 aromatic carbocycles. The van der Waals surface area contributed by atoms with Gasteiger partial charge in [0.15, 0.2) is 0 Å². The number of hydrogen-bond acceptors (Lipinski definition) is 0. The lowest BCUT2D eigenvalue weighted by Crippen LogP contribution is -1.83. The van der Waals surface area contributed by atoms with Gasteiger partial charge in [0.1, 0.15) is 0 Å². The maximum Gasteiger partial charge on any atom is 0.0223 e. The Labute approximate surface area is 43.5 Å². The van der Waals surface area contributed by atoms with Crippen LogP contribution in [0.5, 0.6) is 0 Å². The normalized spacial score (nSPS) is 9.00. The first-order valence-corrected chi connectivity index (χ1v) is 2.66. The number of alkyl halides is 1. The topological polar surface area (TPSA) is 23.8 Å². The van der Waals surface area contributed by atoms with Gasteiger partial charge in [0.25, 0.3) is 0 Å².